The molecule has 0 fully saturated rings. The van der Waals surface area contributed by atoms with Crippen LogP contribution in [0.25, 0.3) is 0 Å². The van der Waals surface area contributed by atoms with E-state index in [1.54, 1.807) is 0 Å². The number of hydrogen-bond donors (Lipinski definition) is 0. The van der Waals surface area contributed by atoms with Crippen LogP contribution in [0.15, 0.2) is 24.6 Å². The van der Waals surface area contributed by atoms with Crippen LogP contribution >= 0.6 is 0 Å². The van der Waals surface area contributed by atoms with Crippen LogP contribution in [-0.2, 0) is 4.43 Å². The van der Waals surface area contributed by atoms with Gasteiger partial charge in [-0.15, -0.1) is 13.2 Å². The Balaban J connectivity index is 3.61. The predicted molar refractivity (Wildman–Crippen MR) is 48.4 cm³/mol. The molecule has 0 bridgehead atoms. The lowest BCUT2D eigenvalue weighted by atomic mass is 10.3. The third-order valence-corrected chi connectivity index (χ3v) is 3.14. The predicted octanol–water partition coefficient (Wildman–Crippen LogP) is 1.98. The Labute approximate surface area is 65.1 Å². The summed E-state index contributed by atoms with van der Waals surface area (Å²) in [5.74, 6) is 0. The minimum Gasteiger partial charge on any atom is -0.410 e. The van der Waals surface area contributed by atoms with Crippen LogP contribution < -0.4 is 0 Å². The second-order valence-electron chi connectivity index (χ2n) is 2.29. The van der Waals surface area contributed by atoms with E-state index in [-0.39, 0.29) is 0 Å². The molecule has 0 amide bonds. The van der Waals surface area contributed by atoms with Crippen molar-refractivity contribution in [3.05, 3.63) is 24.6 Å². The van der Waals surface area contributed by atoms with E-state index in [0.29, 0.717) is 6.10 Å². The molecule has 0 aromatic rings. The van der Waals surface area contributed by atoms with Crippen LogP contribution in [0, 0.1) is 0 Å². The first-order valence-corrected chi connectivity index (χ1v) is 5.45. The molecule has 1 unspecified atom stereocenters. The third kappa shape index (κ3) is 3.64. The highest BCUT2D eigenvalue weighted by Crippen LogP contribution is 1.99. The van der Waals surface area contributed by atoms with E-state index in [4.69, 9.17) is 4.43 Å². The van der Waals surface area contributed by atoms with Gasteiger partial charge in [-0.05, 0) is 13.3 Å². The van der Waals surface area contributed by atoms with Gasteiger partial charge in [0.15, 0.2) is 0 Å². The molecular weight excluding hydrogens is 140 g/mol. The fourth-order valence-corrected chi connectivity index (χ4v) is 1.72. The van der Waals surface area contributed by atoms with Crippen LogP contribution in [0.3, 0.4) is 0 Å². The Morgan fingerprint density at radius 3 is 2.30 bits per heavy atom. The Bertz CT molecular complexity index is 104. The Hall–Kier alpha value is -0.343. The van der Waals surface area contributed by atoms with Gasteiger partial charge >= 0.3 is 0 Å². The van der Waals surface area contributed by atoms with Crippen molar-refractivity contribution in [2.24, 2.45) is 0 Å². The first kappa shape index (κ1) is 9.66. The van der Waals surface area contributed by atoms with Gasteiger partial charge in [0.1, 0.15) is 0 Å². The molecule has 0 saturated heterocycles. The van der Waals surface area contributed by atoms with Gasteiger partial charge in [-0.2, -0.15) is 0 Å². The van der Waals surface area contributed by atoms with Gasteiger partial charge in [-0.25, -0.2) is 0 Å². The largest absolute Gasteiger partial charge is 0.410 e. The standard InChI is InChI=1S/C8H16OSi/c1-5-8(4)9-10(6-2)7-3/h6-8,10H,2-3,5H2,1,4H3. The molecule has 0 aliphatic rings. The second-order valence-corrected chi connectivity index (χ2v) is 4.44. The molecule has 2 heteroatoms. The van der Waals surface area contributed by atoms with Crippen molar-refractivity contribution in [3.63, 3.8) is 0 Å². The maximum absolute atomic E-state index is 5.60. The van der Waals surface area contributed by atoms with E-state index < -0.39 is 9.04 Å². The van der Waals surface area contributed by atoms with E-state index in [1.165, 1.54) is 0 Å². The van der Waals surface area contributed by atoms with Crippen molar-refractivity contribution in [3.8, 4) is 0 Å². The van der Waals surface area contributed by atoms with Gasteiger partial charge in [0.25, 0.3) is 0 Å². The lowest BCUT2D eigenvalue weighted by molar-refractivity contribution is 0.225. The van der Waals surface area contributed by atoms with Gasteiger partial charge in [0.2, 0.25) is 9.04 Å². The van der Waals surface area contributed by atoms with Crippen molar-refractivity contribution < 1.29 is 4.43 Å². The highest BCUT2D eigenvalue weighted by molar-refractivity contribution is 6.62. The summed E-state index contributed by atoms with van der Waals surface area (Å²) in [5.41, 5.74) is 3.78. The maximum atomic E-state index is 5.60. The first-order chi connectivity index (χ1) is 4.74. The summed E-state index contributed by atoms with van der Waals surface area (Å²) in [6, 6.07) is 0. The molecule has 0 aliphatic carbocycles. The van der Waals surface area contributed by atoms with E-state index in [0.717, 1.165) is 6.42 Å². The highest BCUT2D eigenvalue weighted by Gasteiger charge is 2.05. The molecule has 0 aliphatic heterocycles. The van der Waals surface area contributed by atoms with Crippen LogP contribution in [0.1, 0.15) is 20.3 Å². The SMILES string of the molecule is C=C[SiH](C=C)OC(C)CC. The maximum Gasteiger partial charge on any atom is 0.224 e. The number of hydrogen-bond acceptors (Lipinski definition) is 1. The van der Waals surface area contributed by atoms with E-state index in [2.05, 4.69) is 27.0 Å². The van der Waals surface area contributed by atoms with Crippen molar-refractivity contribution >= 4 is 9.04 Å². The summed E-state index contributed by atoms with van der Waals surface area (Å²) in [5, 5.41) is 0. The molecule has 10 heavy (non-hydrogen) atoms. The summed E-state index contributed by atoms with van der Waals surface area (Å²) in [7, 11) is -1.24. The Morgan fingerprint density at radius 2 is 2.00 bits per heavy atom. The van der Waals surface area contributed by atoms with Crippen LogP contribution in [0.4, 0.5) is 0 Å². The van der Waals surface area contributed by atoms with Crippen LogP contribution in [0.5, 0.6) is 0 Å². The molecule has 0 saturated carbocycles. The first-order valence-electron chi connectivity index (χ1n) is 3.65. The van der Waals surface area contributed by atoms with Gasteiger partial charge in [0.05, 0.1) is 0 Å². The smallest absolute Gasteiger partial charge is 0.224 e. The summed E-state index contributed by atoms with van der Waals surface area (Å²) >= 11 is 0. The average Bonchev–Trinajstić information content (AvgIpc) is 1.99. The normalized spacial score (nSPS) is 13.1. The summed E-state index contributed by atoms with van der Waals surface area (Å²) in [4.78, 5) is 0. The summed E-state index contributed by atoms with van der Waals surface area (Å²) in [6.07, 6.45) is 1.42. The zero-order chi connectivity index (χ0) is 7.98. The molecule has 0 aromatic carbocycles. The monoisotopic (exact) mass is 156 g/mol. The van der Waals surface area contributed by atoms with Crippen molar-refractivity contribution in [1.29, 1.82) is 0 Å². The molecule has 0 aromatic heterocycles. The van der Waals surface area contributed by atoms with Crippen LogP contribution in [0.2, 0.25) is 0 Å². The summed E-state index contributed by atoms with van der Waals surface area (Å²) < 4.78 is 5.60. The minimum atomic E-state index is -1.24. The van der Waals surface area contributed by atoms with E-state index >= 15 is 0 Å². The molecule has 0 N–H and O–H groups in total. The Kier molecular flexibility index (Phi) is 5.26. The fourth-order valence-electron chi connectivity index (χ4n) is 0.572. The zero-order valence-corrected chi connectivity index (χ0v) is 7.99. The molecule has 1 atom stereocenters. The third-order valence-electron chi connectivity index (χ3n) is 1.43. The number of rotatable bonds is 5. The molecule has 58 valence electrons. The molecular formula is C8H16OSi. The van der Waals surface area contributed by atoms with Crippen molar-refractivity contribution in [2.45, 2.75) is 26.4 Å². The van der Waals surface area contributed by atoms with Crippen molar-refractivity contribution in [2.75, 3.05) is 0 Å². The van der Waals surface area contributed by atoms with E-state index in [9.17, 15) is 0 Å². The van der Waals surface area contributed by atoms with Gasteiger partial charge < -0.3 is 4.43 Å². The van der Waals surface area contributed by atoms with E-state index in [1.807, 2.05) is 11.4 Å². The Morgan fingerprint density at radius 1 is 1.50 bits per heavy atom. The molecule has 0 radical (unpaired) electrons. The molecule has 0 heterocycles. The molecule has 0 spiro atoms. The lowest BCUT2D eigenvalue weighted by Gasteiger charge is -2.13. The lowest BCUT2D eigenvalue weighted by Crippen LogP contribution is -2.19. The van der Waals surface area contributed by atoms with Crippen molar-refractivity contribution in [1.82, 2.24) is 0 Å². The highest BCUT2D eigenvalue weighted by atomic mass is 28.3. The van der Waals surface area contributed by atoms with Gasteiger partial charge in [0, 0.05) is 6.10 Å². The molecule has 0 rings (SSSR count). The molecule has 1 nitrogen and oxygen atoms in total. The van der Waals surface area contributed by atoms with Gasteiger partial charge in [-0.1, -0.05) is 18.3 Å². The summed E-state index contributed by atoms with van der Waals surface area (Å²) in [6.45, 7) is 11.6. The fraction of sp³-hybridized carbons (Fsp3) is 0.500. The van der Waals surface area contributed by atoms with Crippen LogP contribution in [-0.4, -0.2) is 15.1 Å². The topological polar surface area (TPSA) is 9.23 Å². The average molecular weight is 156 g/mol. The zero-order valence-electron chi connectivity index (χ0n) is 6.84. The quantitative estimate of drug-likeness (QED) is 0.553. The second kappa shape index (κ2) is 5.44. The minimum absolute atomic E-state index is 0.354. The van der Waals surface area contributed by atoms with Gasteiger partial charge in [-0.3, -0.25) is 0 Å².